The van der Waals surface area contributed by atoms with Crippen LogP contribution in [0.25, 0.3) is 0 Å². The third-order valence-electron chi connectivity index (χ3n) is 5.76. The van der Waals surface area contributed by atoms with Crippen LogP contribution in [0.15, 0.2) is 0 Å². The maximum Gasteiger partial charge on any atom is 0.00705 e. The molecule has 20 heavy (non-hydrogen) atoms. The van der Waals surface area contributed by atoms with Crippen LogP contribution < -0.4 is 5.32 Å². The minimum atomic E-state index is 0.704. The summed E-state index contributed by atoms with van der Waals surface area (Å²) in [4.78, 5) is 2.65. The van der Waals surface area contributed by atoms with Crippen LogP contribution in [-0.4, -0.2) is 36.6 Å². The highest BCUT2D eigenvalue weighted by atomic mass is 15.1. The molecule has 0 amide bonds. The molecule has 2 heteroatoms. The summed E-state index contributed by atoms with van der Waals surface area (Å²) in [5, 5.41) is 3.95. The first-order chi connectivity index (χ1) is 9.70. The van der Waals surface area contributed by atoms with Crippen LogP contribution in [0.3, 0.4) is 0 Å². The van der Waals surface area contributed by atoms with Gasteiger partial charge in [-0.25, -0.2) is 0 Å². The summed E-state index contributed by atoms with van der Waals surface area (Å²) in [6.45, 7) is 11.1. The Morgan fingerprint density at radius 2 is 1.45 bits per heavy atom. The van der Waals surface area contributed by atoms with E-state index in [0.29, 0.717) is 6.04 Å². The van der Waals surface area contributed by atoms with Gasteiger partial charge in [0, 0.05) is 12.1 Å². The molecule has 1 aliphatic heterocycles. The number of nitrogens with one attached hydrogen (secondary N) is 1. The van der Waals surface area contributed by atoms with E-state index in [1.54, 1.807) is 0 Å². The molecule has 2 nitrogen and oxygen atoms in total. The van der Waals surface area contributed by atoms with Gasteiger partial charge in [-0.1, -0.05) is 26.2 Å². The van der Waals surface area contributed by atoms with E-state index in [1.165, 1.54) is 71.0 Å². The van der Waals surface area contributed by atoms with Crippen LogP contribution in [0.5, 0.6) is 0 Å². The number of hydrogen-bond acceptors (Lipinski definition) is 2. The highest BCUT2D eigenvalue weighted by Gasteiger charge is 2.26. The van der Waals surface area contributed by atoms with Crippen LogP contribution in [0.2, 0.25) is 0 Å². The van der Waals surface area contributed by atoms with Crippen molar-refractivity contribution in [3.8, 4) is 0 Å². The number of hydrogen-bond donors (Lipinski definition) is 1. The summed E-state index contributed by atoms with van der Waals surface area (Å²) >= 11 is 0. The first-order valence-electron chi connectivity index (χ1n) is 9.19. The van der Waals surface area contributed by atoms with Gasteiger partial charge in [0.1, 0.15) is 0 Å². The first kappa shape index (κ1) is 16.3. The van der Waals surface area contributed by atoms with Gasteiger partial charge in [0.25, 0.3) is 0 Å². The van der Waals surface area contributed by atoms with Crippen molar-refractivity contribution in [1.29, 1.82) is 0 Å². The van der Waals surface area contributed by atoms with E-state index in [4.69, 9.17) is 0 Å². The van der Waals surface area contributed by atoms with Gasteiger partial charge in [0.05, 0.1) is 0 Å². The highest BCUT2D eigenvalue weighted by Crippen LogP contribution is 2.28. The van der Waals surface area contributed by atoms with Crippen LogP contribution >= 0.6 is 0 Å². The van der Waals surface area contributed by atoms with E-state index in [2.05, 4.69) is 31.0 Å². The summed E-state index contributed by atoms with van der Waals surface area (Å²) in [5.74, 6) is 1.83. The van der Waals surface area contributed by atoms with Crippen molar-refractivity contribution in [2.45, 2.75) is 84.2 Å². The van der Waals surface area contributed by atoms with Crippen LogP contribution in [0.1, 0.15) is 72.1 Å². The largest absolute Gasteiger partial charge is 0.311 e. The molecular formula is C18H36N2. The second-order valence-corrected chi connectivity index (χ2v) is 7.32. The zero-order valence-corrected chi connectivity index (χ0v) is 14.0. The van der Waals surface area contributed by atoms with E-state index >= 15 is 0 Å². The predicted molar refractivity (Wildman–Crippen MR) is 88.1 cm³/mol. The fourth-order valence-corrected chi connectivity index (χ4v) is 4.31. The minimum absolute atomic E-state index is 0.704. The van der Waals surface area contributed by atoms with E-state index in [9.17, 15) is 0 Å². The Morgan fingerprint density at radius 3 is 2.00 bits per heavy atom. The second-order valence-electron chi connectivity index (χ2n) is 7.32. The molecule has 1 saturated heterocycles. The maximum atomic E-state index is 3.95. The van der Waals surface area contributed by atoms with Crippen molar-refractivity contribution in [3.05, 3.63) is 0 Å². The van der Waals surface area contributed by atoms with Crippen molar-refractivity contribution in [1.82, 2.24) is 10.2 Å². The van der Waals surface area contributed by atoms with Crippen molar-refractivity contribution < 1.29 is 0 Å². The summed E-state index contributed by atoms with van der Waals surface area (Å²) in [6, 6.07) is 1.43. The van der Waals surface area contributed by atoms with Crippen LogP contribution in [0, 0.1) is 11.8 Å². The Kier molecular flexibility index (Phi) is 6.83. The summed E-state index contributed by atoms with van der Waals surface area (Å²) < 4.78 is 0. The molecule has 1 N–H and O–H groups in total. The van der Waals surface area contributed by atoms with Gasteiger partial charge in [0.15, 0.2) is 0 Å². The summed E-state index contributed by atoms with van der Waals surface area (Å²) in [6.07, 6.45) is 11.4. The zero-order valence-electron chi connectivity index (χ0n) is 14.0. The van der Waals surface area contributed by atoms with Gasteiger partial charge in [-0.2, -0.15) is 0 Å². The van der Waals surface area contributed by atoms with Gasteiger partial charge in [0.2, 0.25) is 0 Å². The molecule has 2 aliphatic rings. The minimum Gasteiger partial charge on any atom is -0.311 e. The third-order valence-corrected chi connectivity index (χ3v) is 5.76. The molecule has 1 saturated carbocycles. The molecule has 118 valence electrons. The summed E-state index contributed by atoms with van der Waals surface area (Å²) in [7, 11) is 0. The lowest BCUT2D eigenvalue weighted by Gasteiger charge is -2.38. The zero-order chi connectivity index (χ0) is 14.4. The molecule has 2 fully saturated rings. The van der Waals surface area contributed by atoms with Gasteiger partial charge >= 0.3 is 0 Å². The monoisotopic (exact) mass is 280 g/mol. The van der Waals surface area contributed by atoms with Gasteiger partial charge in [-0.3, -0.25) is 0 Å². The SMILES string of the molecule is CCCN1CCC(C(C)N[C@@H](C)C2CCCCC2)CC1. The van der Waals surface area contributed by atoms with E-state index in [0.717, 1.165) is 17.9 Å². The third kappa shape index (κ3) is 4.73. The molecule has 1 heterocycles. The smallest absolute Gasteiger partial charge is 0.00705 e. The lowest BCUT2D eigenvalue weighted by molar-refractivity contribution is 0.151. The number of piperidine rings is 1. The average molecular weight is 280 g/mol. The molecule has 1 aliphatic carbocycles. The van der Waals surface area contributed by atoms with Gasteiger partial charge in [-0.15, -0.1) is 0 Å². The first-order valence-corrected chi connectivity index (χ1v) is 9.19. The Bertz CT molecular complexity index is 252. The van der Waals surface area contributed by atoms with Crippen LogP contribution in [-0.2, 0) is 0 Å². The molecule has 0 aromatic heterocycles. The quantitative estimate of drug-likeness (QED) is 0.789. The Balaban J connectivity index is 1.70. The number of nitrogens with zero attached hydrogens (tertiary/aromatic N) is 1. The molecular weight excluding hydrogens is 244 g/mol. The molecule has 0 aromatic rings. The molecule has 2 rings (SSSR count). The molecule has 0 bridgehead atoms. The molecule has 2 atom stereocenters. The van der Waals surface area contributed by atoms with Crippen molar-refractivity contribution >= 4 is 0 Å². The van der Waals surface area contributed by atoms with Gasteiger partial charge < -0.3 is 10.2 Å². The van der Waals surface area contributed by atoms with Crippen molar-refractivity contribution in [2.24, 2.45) is 11.8 Å². The maximum absolute atomic E-state index is 3.95. The summed E-state index contributed by atoms with van der Waals surface area (Å²) in [5.41, 5.74) is 0. The standard InChI is InChI=1S/C18H36N2/c1-4-12-20-13-10-18(11-14-20)16(3)19-15(2)17-8-6-5-7-9-17/h15-19H,4-14H2,1-3H3/t15-,16?/m0/s1. The number of rotatable bonds is 6. The van der Waals surface area contributed by atoms with Crippen molar-refractivity contribution in [2.75, 3.05) is 19.6 Å². The highest BCUT2D eigenvalue weighted by molar-refractivity contribution is 4.84. The topological polar surface area (TPSA) is 15.3 Å². The Morgan fingerprint density at radius 1 is 0.900 bits per heavy atom. The lowest BCUT2D eigenvalue weighted by atomic mass is 9.83. The molecule has 0 radical (unpaired) electrons. The van der Waals surface area contributed by atoms with Crippen molar-refractivity contribution in [3.63, 3.8) is 0 Å². The van der Waals surface area contributed by atoms with E-state index in [1.807, 2.05) is 0 Å². The van der Waals surface area contributed by atoms with E-state index < -0.39 is 0 Å². The lowest BCUT2D eigenvalue weighted by Crippen LogP contribution is -2.47. The van der Waals surface area contributed by atoms with E-state index in [-0.39, 0.29) is 0 Å². The molecule has 1 unspecified atom stereocenters. The second kappa shape index (κ2) is 8.38. The van der Waals surface area contributed by atoms with Crippen LogP contribution in [0.4, 0.5) is 0 Å². The normalized spacial score (nSPS) is 26.6. The van der Waals surface area contributed by atoms with Gasteiger partial charge in [-0.05, 0) is 77.4 Å². The average Bonchev–Trinajstić information content (AvgIpc) is 2.49. The Labute approximate surface area is 126 Å². The molecule has 0 spiro atoms. The fraction of sp³-hybridized carbons (Fsp3) is 1.00. The number of likely N-dealkylation sites (tertiary alicyclic amines) is 1. The fourth-order valence-electron chi connectivity index (χ4n) is 4.31. The molecule has 0 aromatic carbocycles. The Hall–Kier alpha value is -0.0800. The predicted octanol–water partition coefficient (Wildman–Crippen LogP) is 4.06.